The van der Waals surface area contributed by atoms with Gasteiger partial charge < -0.3 is 14.7 Å². The lowest BCUT2D eigenvalue weighted by atomic mass is 10.1. The van der Waals surface area contributed by atoms with Gasteiger partial charge in [0.25, 0.3) is 0 Å². The minimum atomic E-state index is 0.280. The summed E-state index contributed by atoms with van der Waals surface area (Å²) in [5.41, 5.74) is 0. The highest BCUT2D eigenvalue weighted by Crippen LogP contribution is 2.20. The molecule has 2 heterocycles. The lowest BCUT2D eigenvalue weighted by Crippen LogP contribution is -2.21. The quantitative estimate of drug-likeness (QED) is 0.839. The number of hydrogen-bond donors (Lipinski definition) is 1. The summed E-state index contributed by atoms with van der Waals surface area (Å²) in [7, 11) is 3.99. The average Bonchev–Trinajstić information content (AvgIpc) is 2.53. The zero-order chi connectivity index (χ0) is 11.4. The first-order valence-electron chi connectivity index (χ1n) is 5.96. The summed E-state index contributed by atoms with van der Waals surface area (Å²) in [6.07, 6.45) is 4.90. The third-order valence-corrected chi connectivity index (χ3v) is 2.81. The number of rotatable bonds is 3. The van der Waals surface area contributed by atoms with Crippen molar-refractivity contribution in [2.45, 2.75) is 38.3 Å². The minimum Gasteiger partial charge on any atom is -0.338 e. The maximum absolute atomic E-state index is 5.23. The molecule has 1 aromatic rings. The van der Waals surface area contributed by atoms with E-state index in [0.717, 1.165) is 18.8 Å². The van der Waals surface area contributed by atoms with E-state index >= 15 is 0 Å². The molecule has 0 radical (unpaired) electrons. The second kappa shape index (κ2) is 5.41. The maximum atomic E-state index is 5.23. The average molecular weight is 224 g/mol. The van der Waals surface area contributed by atoms with Crippen molar-refractivity contribution in [3.63, 3.8) is 0 Å². The molecule has 0 aromatic carbocycles. The Balaban J connectivity index is 1.99. The molecule has 0 saturated carbocycles. The molecule has 1 unspecified atom stereocenters. The van der Waals surface area contributed by atoms with Crippen LogP contribution in [0.4, 0.5) is 0 Å². The molecule has 5 heteroatoms. The van der Waals surface area contributed by atoms with E-state index < -0.39 is 0 Å². The fraction of sp³-hybridized carbons (Fsp3) is 0.818. The molecule has 0 aliphatic carbocycles. The Morgan fingerprint density at radius 3 is 3.06 bits per heavy atom. The van der Waals surface area contributed by atoms with E-state index in [-0.39, 0.29) is 6.04 Å². The van der Waals surface area contributed by atoms with Gasteiger partial charge in [-0.2, -0.15) is 4.98 Å². The van der Waals surface area contributed by atoms with Gasteiger partial charge in [0.15, 0.2) is 5.82 Å². The smallest absolute Gasteiger partial charge is 0.240 e. The molecule has 1 fully saturated rings. The van der Waals surface area contributed by atoms with Crippen LogP contribution in [0.25, 0.3) is 0 Å². The Morgan fingerprint density at radius 1 is 1.38 bits per heavy atom. The zero-order valence-electron chi connectivity index (χ0n) is 10.1. The first-order chi connectivity index (χ1) is 7.75. The fourth-order valence-electron chi connectivity index (χ4n) is 1.99. The zero-order valence-corrected chi connectivity index (χ0v) is 10.1. The molecule has 1 aromatic heterocycles. The molecule has 5 nitrogen and oxygen atoms in total. The summed E-state index contributed by atoms with van der Waals surface area (Å²) in [5.74, 6) is 1.52. The van der Waals surface area contributed by atoms with Crippen LogP contribution >= 0.6 is 0 Å². The third kappa shape index (κ3) is 3.02. The molecule has 1 atom stereocenters. The topological polar surface area (TPSA) is 54.2 Å². The van der Waals surface area contributed by atoms with Crippen molar-refractivity contribution in [2.24, 2.45) is 0 Å². The second-order valence-corrected chi connectivity index (χ2v) is 4.64. The van der Waals surface area contributed by atoms with Gasteiger partial charge in [-0.1, -0.05) is 18.0 Å². The van der Waals surface area contributed by atoms with E-state index in [9.17, 15) is 0 Å². The summed E-state index contributed by atoms with van der Waals surface area (Å²) in [5, 5.41) is 7.53. The van der Waals surface area contributed by atoms with Crippen LogP contribution in [-0.2, 0) is 6.54 Å². The van der Waals surface area contributed by atoms with Crippen LogP contribution in [0.15, 0.2) is 4.52 Å². The lowest BCUT2D eigenvalue weighted by molar-refractivity contribution is 0.299. The van der Waals surface area contributed by atoms with Crippen LogP contribution in [0.5, 0.6) is 0 Å². The molecular formula is C11H20N4O. The summed E-state index contributed by atoms with van der Waals surface area (Å²) in [4.78, 5) is 6.46. The van der Waals surface area contributed by atoms with Crippen molar-refractivity contribution in [3.05, 3.63) is 11.7 Å². The predicted molar refractivity (Wildman–Crippen MR) is 60.9 cm³/mol. The van der Waals surface area contributed by atoms with Crippen molar-refractivity contribution in [1.29, 1.82) is 0 Å². The Kier molecular flexibility index (Phi) is 3.90. The Hall–Kier alpha value is -0.940. The third-order valence-electron chi connectivity index (χ3n) is 2.81. The number of hydrogen-bond acceptors (Lipinski definition) is 5. The van der Waals surface area contributed by atoms with E-state index in [1.807, 2.05) is 19.0 Å². The highest BCUT2D eigenvalue weighted by Gasteiger charge is 2.19. The predicted octanol–water partition coefficient (Wildman–Crippen LogP) is 1.34. The van der Waals surface area contributed by atoms with Gasteiger partial charge in [0.05, 0.1) is 12.6 Å². The molecule has 16 heavy (non-hydrogen) atoms. The number of nitrogens with one attached hydrogen (secondary N) is 1. The Morgan fingerprint density at radius 2 is 2.25 bits per heavy atom. The van der Waals surface area contributed by atoms with Gasteiger partial charge in [0.2, 0.25) is 5.89 Å². The summed E-state index contributed by atoms with van der Waals surface area (Å²) in [6.45, 7) is 1.77. The van der Waals surface area contributed by atoms with Crippen molar-refractivity contribution < 1.29 is 4.52 Å². The van der Waals surface area contributed by atoms with Gasteiger partial charge >= 0.3 is 0 Å². The van der Waals surface area contributed by atoms with Gasteiger partial charge in [-0.3, -0.25) is 0 Å². The summed E-state index contributed by atoms with van der Waals surface area (Å²) < 4.78 is 5.23. The number of aromatic nitrogens is 2. The van der Waals surface area contributed by atoms with Crippen molar-refractivity contribution in [1.82, 2.24) is 20.4 Å². The van der Waals surface area contributed by atoms with Crippen molar-refractivity contribution in [2.75, 3.05) is 20.6 Å². The van der Waals surface area contributed by atoms with Crippen LogP contribution in [0, 0.1) is 0 Å². The first kappa shape index (κ1) is 11.5. The van der Waals surface area contributed by atoms with E-state index in [2.05, 4.69) is 15.5 Å². The summed E-state index contributed by atoms with van der Waals surface area (Å²) >= 11 is 0. The molecule has 2 rings (SSSR count). The fourth-order valence-corrected chi connectivity index (χ4v) is 1.99. The molecular weight excluding hydrogens is 204 g/mol. The lowest BCUT2D eigenvalue weighted by Gasteiger charge is -2.10. The maximum Gasteiger partial charge on any atom is 0.240 e. The van der Waals surface area contributed by atoms with Gasteiger partial charge in [-0.25, -0.2) is 0 Å². The van der Waals surface area contributed by atoms with Gasteiger partial charge in [-0.15, -0.1) is 0 Å². The molecule has 0 bridgehead atoms. The molecule has 1 aliphatic heterocycles. The molecule has 1 saturated heterocycles. The molecule has 1 N–H and O–H groups in total. The Bertz CT molecular complexity index is 316. The van der Waals surface area contributed by atoms with Crippen molar-refractivity contribution in [3.8, 4) is 0 Å². The monoisotopic (exact) mass is 224 g/mol. The van der Waals surface area contributed by atoms with Crippen molar-refractivity contribution >= 4 is 0 Å². The van der Waals surface area contributed by atoms with Gasteiger partial charge in [-0.05, 0) is 33.5 Å². The number of nitrogens with zero attached hydrogens (tertiary/aromatic N) is 3. The van der Waals surface area contributed by atoms with E-state index in [1.54, 1.807) is 0 Å². The minimum absolute atomic E-state index is 0.280. The van der Waals surface area contributed by atoms with E-state index in [4.69, 9.17) is 4.52 Å². The molecule has 0 amide bonds. The first-order valence-corrected chi connectivity index (χ1v) is 5.96. The SMILES string of the molecule is CN(C)Cc1nc(C2CCCCCN2)no1. The van der Waals surface area contributed by atoms with Crippen LogP contribution in [0.1, 0.15) is 43.4 Å². The summed E-state index contributed by atoms with van der Waals surface area (Å²) in [6, 6.07) is 0.280. The van der Waals surface area contributed by atoms with Gasteiger partial charge in [0.1, 0.15) is 0 Å². The standard InChI is InChI=1S/C11H20N4O/c1-15(2)8-10-13-11(14-16-10)9-6-4-3-5-7-12-9/h9,12H,3-8H2,1-2H3. The second-order valence-electron chi connectivity index (χ2n) is 4.64. The molecule has 1 aliphatic rings. The van der Waals surface area contributed by atoms with Gasteiger partial charge in [0, 0.05) is 0 Å². The van der Waals surface area contributed by atoms with Crippen LogP contribution in [0.2, 0.25) is 0 Å². The van der Waals surface area contributed by atoms with Crippen LogP contribution in [-0.4, -0.2) is 35.7 Å². The van der Waals surface area contributed by atoms with E-state index in [0.29, 0.717) is 12.4 Å². The molecule has 90 valence electrons. The molecule has 0 spiro atoms. The van der Waals surface area contributed by atoms with Crippen LogP contribution in [0.3, 0.4) is 0 Å². The Labute approximate surface area is 96.2 Å². The highest BCUT2D eigenvalue weighted by atomic mass is 16.5. The largest absolute Gasteiger partial charge is 0.338 e. The normalized spacial score (nSPS) is 22.3. The van der Waals surface area contributed by atoms with E-state index in [1.165, 1.54) is 19.3 Å². The highest BCUT2D eigenvalue weighted by molar-refractivity contribution is 4.95. The van der Waals surface area contributed by atoms with Crippen LogP contribution < -0.4 is 5.32 Å².